The number of pyridine rings is 1. The van der Waals surface area contributed by atoms with E-state index in [-0.39, 0.29) is 0 Å². The molecule has 0 bridgehead atoms. The summed E-state index contributed by atoms with van der Waals surface area (Å²) < 4.78 is 4.52. The van der Waals surface area contributed by atoms with E-state index in [2.05, 4.69) is 98.2 Å². The first-order valence-electron chi connectivity index (χ1n) is 15.3. The molecule has 0 spiro atoms. The molecule has 210 valence electrons. The first-order chi connectivity index (χ1) is 22.3. The van der Waals surface area contributed by atoms with Gasteiger partial charge in [0.05, 0.1) is 28.0 Å². The van der Waals surface area contributed by atoms with Crippen molar-refractivity contribution in [3.8, 4) is 34.3 Å². The molecule has 6 heteroatoms. The molecular formula is C39H23N5S. The highest BCUT2D eigenvalue weighted by Crippen LogP contribution is 2.57. The van der Waals surface area contributed by atoms with Gasteiger partial charge < -0.3 is 4.57 Å². The van der Waals surface area contributed by atoms with Crippen molar-refractivity contribution in [1.82, 2.24) is 24.3 Å². The molecule has 1 aliphatic heterocycles. The third kappa shape index (κ3) is 3.07. The molecule has 3 aliphatic rings. The van der Waals surface area contributed by atoms with Crippen LogP contribution in [0.4, 0.5) is 0 Å². The number of hydrogen-bond acceptors (Lipinski definition) is 4. The Balaban J connectivity index is 1.14. The number of rotatable bonds is 4. The van der Waals surface area contributed by atoms with E-state index in [0.717, 1.165) is 34.9 Å². The minimum Gasteiger partial charge on any atom is -0.308 e. The molecule has 0 saturated heterocycles. The third-order valence-corrected chi connectivity index (χ3v) is 10.9. The van der Waals surface area contributed by atoms with Crippen molar-refractivity contribution in [3.63, 3.8) is 0 Å². The van der Waals surface area contributed by atoms with E-state index in [9.17, 15) is 0 Å². The Kier molecular flexibility index (Phi) is 4.57. The van der Waals surface area contributed by atoms with Crippen molar-refractivity contribution in [2.24, 2.45) is 0 Å². The number of para-hydroxylation sites is 1. The number of benzene rings is 5. The summed E-state index contributed by atoms with van der Waals surface area (Å²) in [6.07, 6.45) is 10.0. The third-order valence-electron chi connectivity index (χ3n) is 9.69. The first kappa shape index (κ1) is 23.9. The SMILES string of the molecule is C1=CC2Sc3ccc4c5c3c2c2c1ccc1c2c5c(n1-c1ccc(-c2nnc(-c3ccccc3)n2-c2ccccc2)nc1)=CC4. The molecule has 11 rings (SSSR count). The van der Waals surface area contributed by atoms with Crippen LogP contribution >= 0.6 is 11.8 Å². The van der Waals surface area contributed by atoms with Gasteiger partial charge in [-0.2, -0.15) is 0 Å². The Morgan fingerprint density at radius 1 is 0.667 bits per heavy atom. The van der Waals surface area contributed by atoms with Gasteiger partial charge in [0.25, 0.3) is 0 Å². The van der Waals surface area contributed by atoms with Gasteiger partial charge in [-0.15, -0.1) is 22.0 Å². The second kappa shape index (κ2) is 8.58. The Bertz CT molecular complexity index is 2630. The van der Waals surface area contributed by atoms with Crippen LogP contribution in [0.3, 0.4) is 0 Å². The normalized spacial score (nSPS) is 15.7. The molecule has 0 fully saturated rings. The average molecular weight is 594 g/mol. The van der Waals surface area contributed by atoms with Gasteiger partial charge in [-0.1, -0.05) is 78.9 Å². The van der Waals surface area contributed by atoms with Crippen LogP contribution in [-0.2, 0) is 6.42 Å². The van der Waals surface area contributed by atoms with E-state index < -0.39 is 0 Å². The highest BCUT2D eigenvalue weighted by atomic mass is 32.2. The molecule has 0 saturated carbocycles. The summed E-state index contributed by atoms with van der Waals surface area (Å²) in [6, 6.07) is 34.0. The molecule has 1 unspecified atom stereocenters. The number of aromatic nitrogens is 5. The zero-order valence-electron chi connectivity index (χ0n) is 24.0. The van der Waals surface area contributed by atoms with E-state index in [4.69, 9.17) is 4.98 Å². The summed E-state index contributed by atoms with van der Waals surface area (Å²) in [5.41, 5.74) is 9.35. The number of hydrogen-bond donors (Lipinski definition) is 0. The summed E-state index contributed by atoms with van der Waals surface area (Å²) in [7, 11) is 0. The summed E-state index contributed by atoms with van der Waals surface area (Å²) in [6.45, 7) is 0. The van der Waals surface area contributed by atoms with Crippen LogP contribution < -0.4 is 5.35 Å². The predicted octanol–water partition coefficient (Wildman–Crippen LogP) is 8.48. The smallest absolute Gasteiger partial charge is 0.187 e. The maximum atomic E-state index is 5.04. The fraction of sp³-hybridized carbons (Fsp3) is 0.0513. The standard InChI is InChI=1S/C39H23N5S/c1-3-7-24(8-4-1)38-41-42-39(44(38)25-9-5-2-6-10-25)27-16-15-26(21-40-27)43-28-17-11-22-13-19-30-36-32(22)34(28)35-29(43)18-12-23-14-20-31(45-30)37(36)33(23)35/h1-11,13-21,30H,12H2. The highest BCUT2D eigenvalue weighted by molar-refractivity contribution is 8.00. The van der Waals surface area contributed by atoms with Gasteiger partial charge in [0.15, 0.2) is 11.6 Å². The number of nitrogens with zero attached hydrogens (tertiary/aromatic N) is 5. The van der Waals surface area contributed by atoms with Crippen molar-refractivity contribution in [3.05, 3.63) is 131 Å². The molecule has 8 aromatic rings. The first-order valence-corrected chi connectivity index (χ1v) is 16.2. The van der Waals surface area contributed by atoms with Crippen LogP contribution in [0.1, 0.15) is 21.9 Å². The number of thioether (sulfide) groups is 1. The molecule has 0 amide bonds. The Morgan fingerprint density at radius 3 is 2.36 bits per heavy atom. The molecular weight excluding hydrogens is 571 g/mol. The lowest BCUT2D eigenvalue weighted by molar-refractivity contribution is 1.03. The largest absolute Gasteiger partial charge is 0.308 e. The van der Waals surface area contributed by atoms with Crippen LogP contribution in [-0.4, -0.2) is 24.3 Å². The molecule has 2 aliphatic carbocycles. The summed E-state index contributed by atoms with van der Waals surface area (Å²) in [5, 5.41) is 18.1. The van der Waals surface area contributed by atoms with Crippen LogP contribution in [0.2, 0.25) is 0 Å². The minimum atomic E-state index is 0.388. The topological polar surface area (TPSA) is 48.5 Å². The zero-order valence-corrected chi connectivity index (χ0v) is 24.8. The summed E-state index contributed by atoms with van der Waals surface area (Å²) >= 11 is 2.00. The van der Waals surface area contributed by atoms with E-state index in [1.165, 1.54) is 59.4 Å². The van der Waals surface area contributed by atoms with Crippen molar-refractivity contribution in [1.29, 1.82) is 0 Å². The maximum Gasteiger partial charge on any atom is 0.187 e. The minimum absolute atomic E-state index is 0.388. The monoisotopic (exact) mass is 593 g/mol. The van der Waals surface area contributed by atoms with Crippen LogP contribution in [0.5, 0.6) is 0 Å². The lowest BCUT2D eigenvalue weighted by Crippen LogP contribution is -2.17. The second-order valence-corrected chi connectivity index (χ2v) is 13.2. The van der Waals surface area contributed by atoms with Crippen LogP contribution in [0, 0.1) is 0 Å². The molecule has 5 nitrogen and oxygen atoms in total. The van der Waals surface area contributed by atoms with Crippen molar-refractivity contribution in [2.45, 2.75) is 16.6 Å². The van der Waals surface area contributed by atoms with E-state index in [0.29, 0.717) is 11.1 Å². The van der Waals surface area contributed by atoms with Gasteiger partial charge in [0.2, 0.25) is 0 Å². The molecule has 3 aromatic heterocycles. The lowest BCUT2D eigenvalue weighted by Gasteiger charge is -2.19. The quantitative estimate of drug-likeness (QED) is 0.192. The van der Waals surface area contributed by atoms with Crippen LogP contribution in [0.25, 0.3) is 78.9 Å². The molecule has 45 heavy (non-hydrogen) atoms. The van der Waals surface area contributed by atoms with Gasteiger partial charge >= 0.3 is 0 Å². The van der Waals surface area contributed by atoms with Gasteiger partial charge in [-0.3, -0.25) is 9.55 Å². The maximum absolute atomic E-state index is 5.04. The Morgan fingerprint density at radius 2 is 1.51 bits per heavy atom. The van der Waals surface area contributed by atoms with Crippen molar-refractivity contribution >= 4 is 56.4 Å². The van der Waals surface area contributed by atoms with Gasteiger partial charge in [0.1, 0.15) is 5.69 Å². The van der Waals surface area contributed by atoms with Gasteiger partial charge in [-0.05, 0) is 70.3 Å². The fourth-order valence-corrected chi connectivity index (χ4v) is 9.11. The Labute approximate surface area is 262 Å². The lowest BCUT2D eigenvalue weighted by atomic mass is 9.84. The molecule has 4 heterocycles. The van der Waals surface area contributed by atoms with E-state index in [1.54, 1.807) is 0 Å². The highest BCUT2D eigenvalue weighted by Gasteiger charge is 2.34. The zero-order chi connectivity index (χ0) is 29.2. The average Bonchev–Trinajstić information content (AvgIpc) is 3.81. The predicted molar refractivity (Wildman–Crippen MR) is 183 cm³/mol. The van der Waals surface area contributed by atoms with E-state index in [1.807, 2.05) is 54.4 Å². The van der Waals surface area contributed by atoms with Crippen molar-refractivity contribution in [2.75, 3.05) is 0 Å². The molecule has 0 radical (unpaired) electrons. The van der Waals surface area contributed by atoms with E-state index >= 15 is 0 Å². The van der Waals surface area contributed by atoms with Crippen LogP contribution in [0.15, 0.2) is 114 Å². The van der Waals surface area contributed by atoms with Gasteiger partial charge in [-0.25, -0.2) is 0 Å². The molecule has 5 aromatic carbocycles. The molecule has 1 atom stereocenters. The second-order valence-electron chi connectivity index (χ2n) is 12.0. The Hall–Kier alpha value is -5.46. The molecule has 0 N–H and O–H groups in total. The summed E-state index contributed by atoms with van der Waals surface area (Å²) in [5.74, 6) is 1.51. The van der Waals surface area contributed by atoms with Crippen molar-refractivity contribution < 1.29 is 0 Å². The van der Waals surface area contributed by atoms with Gasteiger partial charge in [0, 0.05) is 32.3 Å². The summed E-state index contributed by atoms with van der Waals surface area (Å²) in [4.78, 5) is 6.45. The fourth-order valence-electron chi connectivity index (χ4n) is 7.85.